The van der Waals surface area contributed by atoms with Gasteiger partial charge in [0.15, 0.2) is 0 Å². The quantitative estimate of drug-likeness (QED) is 0.589. The zero-order valence-corrected chi connectivity index (χ0v) is 15.2. The number of hydrogen-bond acceptors (Lipinski definition) is 2. The summed E-state index contributed by atoms with van der Waals surface area (Å²) in [6.07, 6.45) is 0. The van der Waals surface area contributed by atoms with Gasteiger partial charge in [0.25, 0.3) is 0 Å². The van der Waals surface area contributed by atoms with Crippen LogP contribution >= 0.6 is 55.8 Å². The summed E-state index contributed by atoms with van der Waals surface area (Å²) in [4.78, 5) is 0. The molecule has 0 aromatic heterocycles. The Bertz CT molecular complexity index is 56.3. The molecule has 0 heterocycles. The van der Waals surface area contributed by atoms with Crippen LogP contribution in [-0.4, -0.2) is 13.2 Å². The van der Waals surface area contributed by atoms with Crippen molar-refractivity contribution in [1.29, 1.82) is 0 Å². The Morgan fingerprint density at radius 3 is 0.714 bits per heavy atom. The molecule has 0 radical (unpaired) electrons. The molecular formula is C4H10Cl6O2Ti2. The third kappa shape index (κ3) is 314. The van der Waals surface area contributed by atoms with Crippen LogP contribution < -0.4 is 10.2 Å². The molecule has 0 amide bonds. The fourth-order valence-corrected chi connectivity index (χ4v) is 0. The molecule has 0 saturated carbocycles. The van der Waals surface area contributed by atoms with Crippen LogP contribution in [0.25, 0.3) is 0 Å². The minimum absolute atomic E-state index is 0. The van der Waals surface area contributed by atoms with Crippen molar-refractivity contribution in [3.05, 3.63) is 0 Å². The average molecular weight is 399 g/mol. The fourth-order valence-electron chi connectivity index (χ4n) is 0. The molecule has 0 aliphatic heterocycles. The predicted octanol–water partition coefficient (Wildman–Crippen LogP) is 2.87. The van der Waals surface area contributed by atoms with Crippen LogP contribution in [0.2, 0.25) is 0 Å². The van der Waals surface area contributed by atoms with Crippen molar-refractivity contribution in [2.45, 2.75) is 13.8 Å². The number of rotatable bonds is 0. The van der Waals surface area contributed by atoms with E-state index in [9.17, 15) is 0 Å². The van der Waals surface area contributed by atoms with Crippen LogP contribution in [0, 0.1) is 0 Å². The molecule has 0 aliphatic carbocycles. The van der Waals surface area contributed by atoms with Crippen LogP contribution in [0.3, 0.4) is 0 Å². The van der Waals surface area contributed by atoms with Gasteiger partial charge in [-0.1, -0.05) is 13.8 Å². The summed E-state index contributed by atoms with van der Waals surface area (Å²) < 4.78 is 0. The molecule has 0 unspecified atom stereocenters. The molecule has 0 aliphatic rings. The molecule has 2 nitrogen and oxygen atoms in total. The van der Waals surface area contributed by atoms with Gasteiger partial charge in [0.05, 0.1) is 0 Å². The molecule has 0 bridgehead atoms. The van der Waals surface area contributed by atoms with Gasteiger partial charge in [0.1, 0.15) is 0 Å². The van der Waals surface area contributed by atoms with Crippen molar-refractivity contribution < 1.29 is 39.6 Å². The maximum atomic E-state index is 8.93. The molecule has 0 aromatic carbocycles. The summed E-state index contributed by atoms with van der Waals surface area (Å²) >= 11 is -3.83. The van der Waals surface area contributed by atoms with E-state index in [0.717, 1.165) is 0 Å². The molecule has 0 saturated heterocycles. The second-order valence-corrected chi connectivity index (χ2v) is 16.5. The summed E-state index contributed by atoms with van der Waals surface area (Å²) in [6.45, 7) is 3.14. The molecule has 10 heteroatoms. The third-order valence-electron chi connectivity index (χ3n) is 0. The third-order valence-corrected chi connectivity index (χ3v) is 0. The fraction of sp³-hybridized carbons (Fsp3) is 1.00. The van der Waals surface area contributed by atoms with Crippen LogP contribution in [0.15, 0.2) is 0 Å². The van der Waals surface area contributed by atoms with Crippen molar-refractivity contribution >= 4 is 55.8 Å². The van der Waals surface area contributed by atoms with Gasteiger partial charge in [-0.3, -0.25) is 0 Å². The number of halogens is 6. The van der Waals surface area contributed by atoms with Crippen LogP contribution in [0.1, 0.15) is 13.8 Å². The van der Waals surface area contributed by atoms with E-state index in [1.807, 2.05) is 0 Å². The molecule has 0 atom stereocenters. The molecule has 0 N–H and O–H groups in total. The van der Waals surface area contributed by atoms with Gasteiger partial charge in [0.2, 0.25) is 0 Å². The Kier molecular flexibility index (Phi) is 54.9. The van der Waals surface area contributed by atoms with E-state index < -0.39 is 29.4 Å². The first kappa shape index (κ1) is 25.8. The van der Waals surface area contributed by atoms with Gasteiger partial charge in [0, 0.05) is 0 Å². The van der Waals surface area contributed by atoms with Crippen molar-refractivity contribution in [1.82, 2.24) is 0 Å². The first-order valence-corrected chi connectivity index (χ1v) is 16.0. The summed E-state index contributed by atoms with van der Waals surface area (Å²) in [6, 6.07) is 0. The van der Waals surface area contributed by atoms with Crippen molar-refractivity contribution in [2.75, 3.05) is 13.2 Å². The first-order valence-electron chi connectivity index (χ1n) is 3.13. The van der Waals surface area contributed by atoms with Gasteiger partial charge >= 0.3 is 85.2 Å². The molecule has 0 aromatic rings. The molecular weight excluding hydrogens is 388 g/mol. The van der Waals surface area contributed by atoms with Crippen LogP contribution in [-0.2, 0) is 29.4 Å². The van der Waals surface area contributed by atoms with Crippen LogP contribution in [0.5, 0.6) is 0 Å². The van der Waals surface area contributed by atoms with Crippen molar-refractivity contribution in [3.8, 4) is 0 Å². The second-order valence-electron chi connectivity index (χ2n) is 1.01. The summed E-state index contributed by atoms with van der Waals surface area (Å²) in [5, 5.41) is 17.9. The van der Waals surface area contributed by atoms with E-state index in [0.29, 0.717) is 0 Å². The monoisotopic (exact) mass is 396 g/mol. The van der Waals surface area contributed by atoms with Crippen molar-refractivity contribution in [2.24, 2.45) is 0 Å². The second kappa shape index (κ2) is 29.8. The van der Waals surface area contributed by atoms with E-state index in [-0.39, 0.29) is 13.2 Å². The molecule has 88 valence electrons. The Hall–Kier alpha value is 3.09. The van der Waals surface area contributed by atoms with E-state index in [1.54, 1.807) is 13.8 Å². The Labute approximate surface area is 121 Å². The van der Waals surface area contributed by atoms with E-state index >= 15 is 0 Å². The van der Waals surface area contributed by atoms with E-state index in [1.165, 1.54) is 0 Å². The molecule has 0 spiro atoms. The zero-order valence-electron chi connectivity index (χ0n) is 7.50. The summed E-state index contributed by atoms with van der Waals surface area (Å²) in [7, 11) is 29.8. The van der Waals surface area contributed by atoms with Gasteiger partial charge in [-0.2, -0.15) is 0 Å². The standard InChI is InChI=1S/2C2H5O.6ClH.2Ti/c2*1-2-3;;;;;;;;/h2*2H2,1H3;6*1H;;/q2*-1;;;;;;;2*+4/p-6. The predicted molar refractivity (Wildman–Crippen MR) is 56.2 cm³/mol. The van der Waals surface area contributed by atoms with Gasteiger partial charge in [-0.15, -0.1) is 13.2 Å². The molecule has 14 heavy (non-hydrogen) atoms. The van der Waals surface area contributed by atoms with Crippen LogP contribution in [0.4, 0.5) is 0 Å². The Balaban J connectivity index is -0.0000000482. The van der Waals surface area contributed by atoms with E-state index in [4.69, 9.17) is 66.0 Å². The average Bonchev–Trinajstić information content (AvgIpc) is 1.85. The maximum absolute atomic E-state index is 8.93. The van der Waals surface area contributed by atoms with Gasteiger partial charge in [-0.05, 0) is 0 Å². The normalized spacial score (nSPS) is 6.43. The Morgan fingerprint density at radius 1 is 0.714 bits per heavy atom. The molecule has 0 fully saturated rings. The first-order chi connectivity index (χ1) is 6.29. The minimum atomic E-state index is -1.92. The summed E-state index contributed by atoms with van der Waals surface area (Å²) in [5.41, 5.74) is 0. The van der Waals surface area contributed by atoms with Gasteiger partial charge < -0.3 is 10.2 Å². The number of hydrogen-bond donors (Lipinski definition) is 0. The van der Waals surface area contributed by atoms with Crippen molar-refractivity contribution in [3.63, 3.8) is 0 Å². The molecule has 0 rings (SSSR count). The summed E-state index contributed by atoms with van der Waals surface area (Å²) in [5.74, 6) is 0. The topological polar surface area (TPSA) is 46.1 Å². The van der Waals surface area contributed by atoms with E-state index in [2.05, 4.69) is 0 Å². The zero-order chi connectivity index (χ0) is 12.6. The Morgan fingerprint density at radius 2 is 0.714 bits per heavy atom. The SMILES string of the molecule is CC[O-].CC[O-].[Cl][Ti+]([Cl])[Cl].[Cl][Ti+]([Cl])[Cl]. The van der Waals surface area contributed by atoms with Gasteiger partial charge in [-0.25, -0.2) is 0 Å².